The van der Waals surface area contributed by atoms with Crippen LogP contribution < -0.4 is 0 Å². The molecule has 0 saturated heterocycles. The van der Waals surface area contributed by atoms with E-state index in [-0.39, 0.29) is 0 Å². The summed E-state index contributed by atoms with van der Waals surface area (Å²) in [4.78, 5) is 13.4. The fourth-order valence-electron chi connectivity index (χ4n) is 0.269. The number of hydrogen-bond donors (Lipinski definition) is 2. The molecule has 52 valence electrons. The van der Waals surface area contributed by atoms with Crippen LogP contribution in [0.15, 0.2) is 4.99 Å². The monoisotopic (exact) mass is 131 g/mol. The Balaban J connectivity index is 3.62. The number of carboxylic acids is 1. The van der Waals surface area contributed by atoms with Crippen LogP contribution in [0.2, 0.25) is 0 Å². The maximum Gasteiger partial charge on any atom is 0.338 e. The molecule has 0 spiro atoms. The molecule has 0 aliphatic rings. The number of aliphatic hydroxyl groups is 1. The molecule has 0 fully saturated rings. The normalized spacial score (nSPS) is 14.0. The van der Waals surface area contributed by atoms with Gasteiger partial charge in [-0.3, -0.25) is 4.99 Å². The van der Waals surface area contributed by atoms with E-state index in [4.69, 9.17) is 10.2 Å². The summed E-state index contributed by atoms with van der Waals surface area (Å²) in [5.74, 6) is -1.27. The number of carbonyl (C=O) groups is 1. The summed E-state index contributed by atoms with van der Waals surface area (Å²) < 4.78 is 0. The Kier molecular flexibility index (Phi) is 3.62. The Bertz CT molecular complexity index is 121. The van der Waals surface area contributed by atoms with Crippen molar-refractivity contribution in [2.45, 2.75) is 13.0 Å². The standard InChI is InChI=1S/C5H9NO3/c1-2-6-3-4(7)5(8)9/h3-4,7H,2H2,1H3,(H,8,9)/b6-3-. The second kappa shape index (κ2) is 4.03. The highest BCUT2D eigenvalue weighted by Gasteiger charge is 2.07. The van der Waals surface area contributed by atoms with Crippen LogP contribution in [0.1, 0.15) is 6.92 Å². The maximum absolute atomic E-state index is 9.86. The Morgan fingerprint density at radius 3 is 2.78 bits per heavy atom. The van der Waals surface area contributed by atoms with Crippen molar-refractivity contribution < 1.29 is 15.0 Å². The molecule has 1 unspecified atom stereocenters. The minimum atomic E-state index is -1.45. The second-order valence-corrected chi connectivity index (χ2v) is 1.43. The minimum Gasteiger partial charge on any atom is -0.479 e. The van der Waals surface area contributed by atoms with E-state index in [1.807, 2.05) is 0 Å². The molecule has 4 heteroatoms. The lowest BCUT2D eigenvalue weighted by atomic mass is 10.4. The van der Waals surface area contributed by atoms with Crippen molar-refractivity contribution >= 4 is 12.2 Å². The molecule has 0 amide bonds. The minimum absolute atomic E-state index is 0.490. The van der Waals surface area contributed by atoms with Crippen LogP contribution >= 0.6 is 0 Å². The van der Waals surface area contributed by atoms with Gasteiger partial charge in [-0.1, -0.05) is 0 Å². The molecule has 0 aromatic carbocycles. The first-order valence-corrected chi connectivity index (χ1v) is 2.59. The summed E-state index contributed by atoms with van der Waals surface area (Å²) >= 11 is 0. The van der Waals surface area contributed by atoms with Gasteiger partial charge in [0.1, 0.15) is 0 Å². The van der Waals surface area contributed by atoms with E-state index in [9.17, 15) is 4.79 Å². The predicted octanol–water partition coefficient (Wildman–Crippen LogP) is -0.477. The van der Waals surface area contributed by atoms with Crippen LogP contribution in [0.25, 0.3) is 0 Å². The number of aliphatic hydroxyl groups excluding tert-OH is 1. The molecule has 0 aromatic heterocycles. The fraction of sp³-hybridized carbons (Fsp3) is 0.600. The summed E-state index contributed by atoms with van der Waals surface area (Å²) in [5.41, 5.74) is 0. The zero-order valence-corrected chi connectivity index (χ0v) is 5.11. The predicted molar refractivity (Wildman–Crippen MR) is 32.7 cm³/mol. The SMILES string of the molecule is CC/N=C\C(O)C(=O)O. The van der Waals surface area contributed by atoms with Gasteiger partial charge in [-0.15, -0.1) is 0 Å². The largest absolute Gasteiger partial charge is 0.479 e. The summed E-state index contributed by atoms with van der Waals surface area (Å²) in [6.07, 6.45) is -0.451. The van der Waals surface area contributed by atoms with Crippen molar-refractivity contribution in [2.24, 2.45) is 4.99 Å². The van der Waals surface area contributed by atoms with Crippen LogP contribution in [0.3, 0.4) is 0 Å². The molecule has 2 N–H and O–H groups in total. The first kappa shape index (κ1) is 8.10. The number of aliphatic carboxylic acids is 1. The van der Waals surface area contributed by atoms with Crippen molar-refractivity contribution in [3.8, 4) is 0 Å². The molecule has 0 heterocycles. The molecule has 1 atom stereocenters. The maximum atomic E-state index is 9.86. The highest BCUT2D eigenvalue weighted by molar-refractivity contribution is 5.91. The Hall–Kier alpha value is -0.900. The van der Waals surface area contributed by atoms with Crippen LogP contribution in [-0.2, 0) is 4.79 Å². The summed E-state index contributed by atoms with van der Waals surface area (Å²) in [6.45, 7) is 2.25. The van der Waals surface area contributed by atoms with Gasteiger partial charge in [0.05, 0.1) is 0 Å². The molecule has 0 saturated carbocycles. The van der Waals surface area contributed by atoms with Crippen LogP contribution in [-0.4, -0.2) is 35.0 Å². The average Bonchev–Trinajstić information content (AvgIpc) is 1.82. The molecule has 0 radical (unpaired) electrons. The van der Waals surface area contributed by atoms with Crippen LogP contribution in [0, 0.1) is 0 Å². The quantitative estimate of drug-likeness (QED) is 0.508. The Labute approximate surface area is 52.8 Å². The molecular formula is C5H9NO3. The molecule has 4 nitrogen and oxygen atoms in total. The van der Waals surface area contributed by atoms with Gasteiger partial charge in [-0.2, -0.15) is 0 Å². The third kappa shape index (κ3) is 3.66. The van der Waals surface area contributed by atoms with Gasteiger partial charge in [0.25, 0.3) is 0 Å². The second-order valence-electron chi connectivity index (χ2n) is 1.43. The first-order valence-electron chi connectivity index (χ1n) is 2.59. The first-order chi connectivity index (χ1) is 4.18. The number of rotatable bonds is 3. The van der Waals surface area contributed by atoms with Crippen molar-refractivity contribution in [2.75, 3.05) is 6.54 Å². The summed E-state index contributed by atoms with van der Waals surface area (Å²) in [5, 5.41) is 16.6. The highest BCUT2D eigenvalue weighted by Crippen LogP contribution is 1.76. The smallest absolute Gasteiger partial charge is 0.338 e. The van der Waals surface area contributed by atoms with Gasteiger partial charge in [0.2, 0.25) is 0 Å². The summed E-state index contributed by atoms with van der Waals surface area (Å²) in [6, 6.07) is 0. The van der Waals surface area contributed by atoms with Gasteiger partial charge in [0, 0.05) is 12.8 Å². The Morgan fingerprint density at radius 1 is 1.89 bits per heavy atom. The lowest BCUT2D eigenvalue weighted by Crippen LogP contribution is -2.20. The van der Waals surface area contributed by atoms with Crippen molar-refractivity contribution in [3.05, 3.63) is 0 Å². The fourth-order valence-corrected chi connectivity index (χ4v) is 0.269. The van der Waals surface area contributed by atoms with E-state index >= 15 is 0 Å². The molecule has 9 heavy (non-hydrogen) atoms. The van der Waals surface area contributed by atoms with Crippen LogP contribution in [0.4, 0.5) is 0 Å². The van der Waals surface area contributed by atoms with E-state index in [0.29, 0.717) is 6.54 Å². The average molecular weight is 131 g/mol. The molecular weight excluding hydrogens is 122 g/mol. The Morgan fingerprint density at radius 2 is 2.44 bits per heavy atom. The molecule has 0 bridgehead atoms. The van der Waals surface area contributed by atoms with Gasteiger partial charge >= 0.3 is 5.97 Å². The molecule has 0 aromatic rings. The lowest BCUT2D eigenvalue weighted by molar-refractivity contribution is -0.142. The molecule has 0 aliphatic carbocycles. The van der Waals surface area contributed by atoms with Gasteiger partial charge in [0.15, 0.2) is 6.10 Å². The van der Waals surface area contributed by atoms with Gasteiger partial charge in [-0.05, 0) is 6.92 Å². The molecule has 0 aliphatic heterocycles. The third-order valence-corrected chi connectivity index (χ3v) is 0.682. The number of carboxylic acid groups (broad SMARTS) is 1. The highest BCUT2D eigenvalue weighted by atomic mass is 16.4. The molecule has 0 rings (SSSR count). The van der Waals surface area contributed by atoms with Crippen molar-refractivity contribution in [1.29, 1.82) is 0 Å². The number of hydrogen-bond acceptors (Lipinski definition) is 3. The van der Waals surface area contributed by atoms with E-state index in [2.05, 4.69) is 4.99 Å². The number of nitrogens with zero attached hydrogens (tertiary/aromatic N) is 1. The van der Waals surface area contributed by atoms with E-state index in [0.717, 1.165) is 6.21 Å². The lowest BCUT2D eigenvalue weighted by Gasteiger charge is -1.93. The van der Waals surface area contributed by atoms with Crippen molar-refractivity contribution in [3.63, 3.8) is 0 Å². The van der Waals surface area contributed by atoms with Crippen molar-refractivity contribution in [1.82, 2.24) is 0 Å². The zero-order valence-electron chi connectivity index (χ0n) is 5.11. The zero-order chi connectivity index (χ0) is 7.28. The number of aliphatic imine (C=N–C) groups is 1. The van der Waals surface area contributed by atoms with Gasteiger partial charge < -0.3 is 10.2 Å². The van der Waals surface area contributed by atoms with E-state index in [1.165, 1.54) is 0 Å². The van der Waals surface area contributed by atoms with E-state index < -0.39 is 12.1 Å². The third-order valence-electron chi connectivity index (χ3n) is 0.682. The topological polar surface area (TPSA) is 69.9 Å². The van der Waals surface area contributed by atoms with Gasteiger partial charge in [-0.25, -0.2) is 4.79 Å². The van der Waals surface area contributed by atoms with Crippen LogP contribution in [0.5, 0.6) is 0 Å². The van der Waals surface area contributed by atoms with E-state index in [1.54, 1.807) is 6.92 Å². The summed E-state index contributed by atoms with van der Waals surface area (Å²) in [7, 11) is 0.